The Balaban J connectivity index is 1.75. The molecule has 7 heteroatoms. The first-order valence-corrected chi connectivity index (χ1v) is 10.5. The van der Waals surface area contributed by atoms with Crippen molar-refractivity contribution in [2.75, 3.05) is 32.4 Å². The van der Waals surface area contributed by atoms with Gasteiger partial charge in [-0.15, -0.1) is 11.8 Å². The van der Waals surface area contributed by atoms with Gasteiger partial charge in [0.1, 0.15) is 0 Å². The van der Waals surface area contributed by atoms with Crippen LogP contribution in [0.2, 0.25) is 0 Å². The fourth-order valence-electron chi connectivity index (χ4n) is 3.71. The van der Waals surface area contributed by atoms with Crippen molar-refractivity contribution in [2.24, 2.45) is 11.8 Å². The van der Waals surface area contributed by atoms with Crippen LogP contribution in [-0.4, -0.2) is 48.2 Å². The van der Waals surface area contributed by atoms with Crippen LogP contribution < -0.4 is 5.32 Å². The molecule has 0 aromatic heterocycles. The molecule has 0 saturated carbocycles. The third-order valence-electron chi connectivity index (χ3n) is 4.77. The van der Waals surface area contributed by atoms with Gasteiger partial charge >= 0.3 is 0 Å². The first kappa shape index (κ1) is 20.7. The van der Waals surface area contributed by atoms with Gasteiger partial charge in [-0.1, -0.05) is 13.8 Å². The van der Waals surface area contributed by atoms with Gasteiger partial charge in [0.05, 0.1) is 9.82 Å². The van der Waals surface area contributed by atoms with Gasteiger partial charge in [0.2, 0.25) is 0 Å². The second kappa shape index (κ2) is 9.92. The Morgan fingerprint density at radius 3 is 2.62 bits per heavy atom. The first-order valence-electron chi connectivity index (χ1n) is 9.23. The molecule has 2 atom stereocenters. The summed E-state index contributed by atoms with van der Waals surface area (Å²) in [5.41, 5.74) is 0.326. The molecular formula is C19H29N3O3S. The minimum absolute atomic E-state index is 0.0153. The molecule has 1 aromatic carbocycles. The van der Waals surface area contributed by atoms with Gasteiger partial charge < -0.3 is 10.2 Å². The highest BCUT2D eigenvalue weighted by Crippen LogP contribution is 2.28. The number of nitrogens with one attached hydrogen (secondary N) is 1. The van der Waals surface area contributed by atoms with E-state index in [-0.39, 0.29) is 11.6 Å². The minimum Gasteiger partial charge on any atom is -0.352 e. The Bertz CT molecular complexity index is 628. The Morgan fingerprint density at radius 2 is 2.00 bits per heavy atom. The summed E-state index contributed by atoms with van der Waals surface area (Å²) in [5.74, 6) is 1.28. The molecule has 1 aliphatic rings. The van der Waals surface area contributed by atoms with E-state index in [4.69, 9.17) is 0 Å². The number of rotatable bonds is 8. The van der Waals surface area contributed by atoms with Crippen molar-refractivity contribution in [1.82, 2.24) is 10.2 Å². The SMILES string of the molecule is CSc1ccc(C(=O)NCCCCN2CC(C)CC(C)C2)cc1[N+](=O)[O-]. The summed E-state index contributed by atoms with van der Waals surface area (Å²) >= 11 is 1.30. The molecule has 1 aromatic rings. The second-order valence-electron chi connectivity index (χ2n) is 7.31. The average molecular weight is 380 g/mol. The summed E-state index contributed by atoms with van der Waals surface area (Å²) in [6.45, 7) is 8.62. The van der Waals surface area contributed by atoms with Gasteiger partial charge in [0.15, 0.2) is 0 Å². The average Bonchev–Trinajstić information content (AvgIpc) is 2.59. The molecule has 2 unspecified atom stereocenters. The lowest BCUT2D eigenvalue weighted by Gasteiger charge is -2.34. The van der Waals surface area contributed by atoms with Gasteiger partial charge in [-0.2, -0.15) is 0 Å². The van der Waals surface area contributed by atoms with Crippen molar-refractivity contribution in [1.29, 1.82) is 0 Å². The minimum atomic E-state index is -0.441. The molecule has 1 amide bonds. The van der Waals surface area contributed by atoms with Gasteiger partial charge in [0, 0.05) is 31.3 Å². The molecule has 1 N–H and O–H groups in total. The monoisotopic (exact) mass is 379 g/mol. The predicted molar refractivity (Wildman–Crippen MR) is 106 cm³/mol. The van der Waals surface area contributed by atoms with E-state index >= 15 is 0 Å². The van der Waals surface area contributed by atoms with Gasteiger partial charge in [-0.05, 0) is 56.0 Å². The van der Waals surface area contributed by atoms with E-state index in [1.54, 1.807) is 18.4 Å². The van der Waals surface area contributed by atoms with Crippen molar-refractivity contribution in [3.63, 3.8) is 0 Å². The molecule has 26 heavy (non-hydrogen) atoms. The van der Waals surface area contributed by atoms with Gasteiger partial charge in [-0.3, -0.25) is 14.9 Å². The van der Waals surface area contributed by atoms with E-state index in [0.717, 1.165) is 31.2 Å². The van der Waals surface area contributed by atoms with E-state index in [1.807, 2.05) is 0 Å². The van der Waals surface area contributed by atoms with Crippen LogP contribution in [0.4, 0.5) is 5.69 Å². The second-order valence-corrected chi connectivity index (χ2v) is 8.16. The maximum atomic E-state index is 12.2. The molecule has 0 aliphatic carbocycles. The number of hydrogen-bond acceptors (Lipinski definition) is 5. The van der Waals surface area contributed by atoms with Crippen LogP contribution in [0.5, 0.6) is 0 Å². The molecule has 6 nitrogen and oxygen atoms in total. The molecule has 0 bridgehead atoms. The van der Waals surface area contributed by atoms with Gasteiger partial charge in [-0.25, -0.2) is 0 Å². The number of likely N-dealkylation sites (tertiary alicyclic amines) is 1. The fourth-order valence-corrected chi connectivity index (χ4v) is 4.26. The summed E-state index contributed by atoms with van der Waals surface area (Å²) in [6, 6.07) is 4.64. The zero-order valence-electron chi connectivity index (χ0n) is 15.9. The molecule has 1 fully saturated rings. The highest BCUT2D eigenvalue weighted by molar-refractivity contribution is 7.98. The zero-order valence-corrected chi connectivity index (χ0v) is 16.7. The van der Waals surface area contributed by atoms with E-state index in [0.29, 0.717) is 17.0 Å². The lowest BCUT2D eigenvalue weighted by molar-refractivity contribution is -0.387. The highest BCUT2D eigenvalue weighted by atomic mass is 32.2. The topological polar surface area (TPSA) is 75.5 Å². The number of unbranched alkanes of at least 4 members (excludes halogenated alkanes) is 1. The first-order chi connectivity index (χ1) is 12.4. The molecule has 1 heterocycles. The number of carbonyl (C=O) groups is 1. The number of carbonyl (C=O) groups excluding carboxylic acids is 1. The Kier molecular flexibility index (Phi) is 7.90. The van der Waals surface area contributed by atoms with Crippen molar-refractivity contribution < 1.29 is 9.72 Å². The molecule has 1 saturated heterocycles. The van der Waals surface area contributed by atoms with Crippen molar-refractivity contribution in [2.45, 2.75) is 38.0 Å². The van der Waals surface area contributed by atoms with E-state index < -0.39 is 4.92 Å². The number of nitrogens with zero attached hydrogens (tertiary/aromatic N) is 2. The summed E-state index contributed by atoms with van der Waals surface area (Å²) in [5, 5.41) is 14.0. The van der Waals surface area contributed by atoms with Crippen LogP contribution in [0.3, 0.4) is 0 Å². The van der Waals surface area contributed by atoms with E-state index in [2.05, 4.69) is 24.1 Å². The number of nitro groups is 1. The van der Waals surface area contributed by atoms with Crippen LogP contribution in [0.25, 0.3) is 0 Å². The summed E-state index contributed by atoms with van der Waals surface area (Å²) < 4.78 is 0. The number of nitro benzene ring substituents is 1. The molecule has 2 rings (SSSR count). The van der Waals surface area contributed by atoms with Crippen LogP contribution in [0, 0.1) is 22.0 Å². The lowest BCUT2D eigenvalue weighted by Crippen LogP contribution is -2.39. The number of amides is 1. The molecule has 0 radical (unpaired) electrons. The number of benzene rings is 1. The third kappa shape index (κ3) is 5.99. The molecule has 144 valence electrons. The fraction of sp³-hybridized carbons (Fsp3) is 0.632. The number of hydrogen-bond donors (Lipinski definition) is 1. The van der Waals surface area contributed by atoms with Crippen LogP contribution >= 0.6 is 11.8 Å². The molecule has 1 aliphatic heterocycles. The normalized spacial score (nSPS) is 20.7. The maximum absolute atomic E-state index is 12.2. The van der Waals surface area contributed by atoms with Gasteiger partial charge in [0.25, 0.3) is 11.6 Å². The number of thioether (sulfide) groups is 1. The van der Waals surface area contributed by atoms with Crippen LogP contribution in [0.1, 0.15) is 43.5 Å². The van der Waals surface area contributed by atoms with Crippen LogP contribution in [0.15, 0.2) is 23.1 Å². The van der Waals surface area contributed by atoms with Crippen molar-refractivity contribution in [3.05, 3.63) is 33.9 Å². The van der Waals surface area contributed by atoms with E-state index in [1.165, 1.54) is 37.3 Å². The quantitative estimate of drug-likeness (QED) is 0.322. The maximum Gasteiger partial charge on any atom is 0.283 e. The summed E-state index contributed by atoms with van der Waals surface area (Å²) in [6.07, 6.45) is 5.06. The Hall–Kier alpha value is -1.60. The van der Waals surface area contributed by atoms with Crippen molar-refractivity contribution in [3.8, 4) is 0 Å². The Labute approximate surface area is 159 Å². The van der Waals surface area contributed by atoms with Crippen molar-refractivity contribution >= 4 is 23.4 Å². The van der Waals surface area contributed by atoms with E-state index in [9.17, 15) is 14.9 Å². The summed E-state index contributed by atoms with van der Waals surface area (Å²) in [7, 11) is 0. The smallest absolute Gasteiger partial charge is 0.283 e. The zero-order chi connectivity index (χ0) is 19.1. The lowest BCUT2D eigenvalue weighted by atomic mass is 9.92. The standard InChI is InChI=1S/C19H29N3O3S/c1-14-10-15(2)13-21(12-14)9-5-4-8-20-19(23)16-6-7-18(26-3)17(11-16)22(24)25/h6-7,11,14-15H,4-5,8-10,12-13H2,1-3H3,(H,20,23). The molecule has 0 spiro atoms. The largest absolute Gasteiger partial charge is 0.352 e. The highest BCUT2D eigenvalue weighted by Gasteiger charge is 2.21. The number of piperidine rings is 1. The predicted octanol–water partition coefficient (Wildman–Crippen LogP) is 3.80. The summed E-state index contributed by atoms with van der Waals surface area (Å²) in [4.78, 5) is 26.0. The third-order valence-corrected chi connectivity index (χ3v) is 5.55. The molecular weight excluding hydrogens is 350 g/mol. The van der Waals surface area contributed by atoms with Crippen LogP contribution in [-0.2, 0) is 0 Å². The Morgan fingerprint density at radius 1 is 1.31 bits per heavy atom.